The highest BCUT2D eigenvalue weighted by molar-refractivity contribution is 5.73. The van der Waals surface area contributed by atoms with Gasteiger partial charge in [-0.25, -0.2) is 0 Å². The van der Waals surface area contributed by atoms with Gasteiger partial charge in [0, 0.05) is 6.54 Å². The molecule has 18 heavy (non-hydrogen) atoms. The van der Waals surface area contributed by atoms with Crippen molar-refractivity contribution in [3.8, 4) is 6.07 Å². The van der Waals surface area contributed by atoms with Crippen molar-refractivity contribution in [1.82, 2.24) is 0 Å². The van der Waals surface area contributed by atoms with E-state index >= 15 is 0 Å². The van der Waals surface area contributed by atoms with Crippen LogP contribution in [0.1, 0.15) is 36.1 Å². The number of ether oxygens (including phenoxy) is 1. The van der Waals surface area contributed by atoms with Crippen LogP contribution in [0.15, 0.2) is 12.1 Å². The molecule has 0 saturated carbocycles. The van der Waals surface area contributed by atoms with E-state index in [-0.39, 0.29) is 12.4 Å². The van der Waals surface area contributed by atoms with Gasteiger partial charge in [-0.3, -0.25) is 4.79 Å². The Kier molecular flexibility index (Phi) is 5.34. The zero-order valence-electron chi connectivity index (χ0n) is 10.8. The summed E-state index contributed by atoms with van der Waals surface area (Å²) in [6.45, 7) is 4.48. The maximum atomic E-state index is 11.5. The second kappa shape index (κ2) is 6.77. The maximum absolute atomic E-state index is 11.5. The number of esters is 1. The molecule has 0 fully saturated rings. The Hall–Kier alpha value is -1.86. The van der Waals surface area contributed by atoms with Crippen LogP contribution >= 0.6 is 0 Å². The van der Waals surface area contributed by atoms with E-state index in [1.54, 1.807) is 13.0 Å². The molecule has 0 aliphatic carbocycles. The first kappa shape index (κ1) is 14.2. The fourth-order valence-electron chi connectivity index (χ4n) is 1.87. The lowest BCUT2D eigenvalue weighted by atomic mass is 9.95. The summed E-state index contributed by atoms with van der Waals surface area (Å²) in [6, 6.07) is 5.77. The Labute approximate surface area is 107 Å². The Morgan fingerprint density at radius 1 is 1.33 bits per heavy atom. The minimum atomic E-state index is -0.267. The SMILES string of the molecule is CCOC(=O)Cc1cc(C#N)c(CN)cc1CC. The summed E-state index contributed by atoms with van der Waals surface area (Å²) < 4.78 is 4.93. The first-order chi connectivity index (χ1) is 8.65. The van der Waals surface area contributed by atoms with Crippen LogP contribution in [0.4, 0.5) is 0 Å². The van der Waals surface area contributed by atoms with Crippen molar-refractivity contribution in [3.63, 3.8) is 0 Å². The van der Waals surface area contributed by atoms with Crippen molar-refractivity contribution in [3.05, 3.63) is 34.4 Å². The van der Waals surface area contributed by atoms with Gasteiger partial charge in [-0.15, -0.1) is 0 Å². The van der Waals surface area contributed by atoms with E-state index in [4.69, 9.17) is 15.7 Å². The zero-order chi connectivity index (χ0) is 13.5. The molecule has 4 nitrogen and oxygen atoms in total. The maximum Gasteiger partial charge on any atom is 0.310 e. The summed E-state index contributed by atoms with van der Waals surface area (Å²) in [6.07, 6.45) is 1.00. The highest BCUT2D eigenvalue weighted by Crippen LogP contribution is 2.18. The average Bonchev–Trinajstić information content (AvgIpc) is 2.38. The van der Waals surface area contributed by atoms with Gasteiger partial charge in [0.15, 0.2) is 0 Å². The summed E-state index contributed by atoms with van der Waals surface area (Å²) in [5, 5.41) is 9.05. The molecule has 1 aromatic rings. The van der Waals surface area contributed by atoms with Gasteiger partial charge in [0.25, 0.3) is 0 Å². The van der Waals surface area contributed by atoms with E-state index in [0.717, 1.165) is 23.1 Å². The summed E-state index contributed by atoms with van der Waals surface area (Å²) >= 11 is 0. The molecule has 0 aliphatic heterocycles. The van der Waals surface area contributed by atoms with Crippen LogP contribution in [-0.4, -0.2) is 12.6 Å². The normalized spacial score (nSPS) is 9.89. The quantitative estimate of drug-likeness (QED) is 0.802. The number of benzene rings is 1. The molecule has 0 radical (unpaired) electrons. The monoisotopic (exact) mass is 246 g/mol. The number of nitrogens with two attached hydrogens (primary N) is 1. The molecule has 1 aromatic carbocycles. The average molecular weight is 246 g/mol. The molecule has 4 heteroatoms. The third-order valence-electron chi connectivity index (χ3n) is 2.79. The fraction of sp³-hybridized carbons (Fsp3) is 0.429. The lowest BCUT2D eigenvalue weighted by Crippen LogP contribution is -2.11. The largest absolute Gasteiger partial charge is 0.466 e. The first-order valence-electron chi connectivity index (χ1n) is 6.06. The van der Waals surface area contributed by atoms with Crippen LogP contribution in [0.3, 0.4) is 0 Å². The molecule has 0 bridgehead atoms. The Balaban J connectivity index is 3.10. The molecule has 0 spiro atoms. The van der Waals surface area contributed by atoms with Gasteiger partial charge >= 0.3 is 5.97 Å². The summed E-state index contributed by atoms with van der Waals surface area (Å²) in [5.41, 5.74) is 8.86. The molecule has 1 rings (SSSR count). The van der Waals surface area contributed by atoms with Gasteiger partial charge < -0.3 is 10.5 Å². The number of hydrogen-bond acceptors (Lipinski definition) is 4. The van der Waals surface area contributed by atoms with E-state index in [2.05, 4.69) is 6.07 Å². The molecule has 0 atom stereocenters. The van der Waals surface area contributed by atoms with Crippen molar-refractivity contribution >= 4 is 5.97 Å². The van der Waals surface area contributed by atoms with Crippen LogP contribution in [0, 0.1) is 11.3 Å². The van der Waals surface area contributed by atoms with E-state index < -0.39 is 0 Å². The molecular formula is C14H18N2O2. The topological polar surface area (TPSA) is 76.1 Å². The molecule has 0 amide bonds. The summed E-state index contributed by atoms with van der Waals surface area (Å²) in [5.74, 6) is -0.267. The lowest BCUT2D eigenvalue weighted by Gasteiger charge is -2.11. The molecule has 96 valence electrons. The van der Waals surface area contributed by atoms with Crippen molar-refractivity contribution in [2.45, 2.75) is 33.2 Å². The number of carbonyl (C=O) groups excluding carboxylic acids is 1. The second-order valence-corrected chi connectivity index (χ2v) is 3.93. The minimum Gasteiger partial charge on any atom is -0.466 e. The predicted molar refractivity (Wildman–Crippen MR) is 68.8 cm³/mol. The van der Waals surface area contributed by atoms with Gasteiger partial charge in [0.1, 0.15) is 0 Å². The molecule has 0 aromatic heterocycles. The van der Waals surface area contributed by atoms with Gasteiger partial charge in [-0.05, 0) is 36.1 Å². The standard InChI is InChI=1S/C14H18N2O2/c1-3-10-5-12(8-15)13(9-16)6-11(10)7-14(17)18-4-2/h5-6H,3-4,7-8,15H2,1-2H3. The number of aryl methyl sites for hydroxylation is 1. The van der Waals surface area contributed by atoms with E-state index in [1.165, 1.54) is 0 Å². The van der Waals surface area contributed by atoms with Gasteiger partial charge in [-0.2, -0.15) is 5.26 Å². The van der Waals surface area contributed by atoms with Crippen molar-refractivity contribution < 1.29 is 9.53 Å². The van der Waals surface area contributed by atoms with Crippen molar-refractivity contribution in [2.75, 3.05) is 6.61 Å². The van der Waals surface area contributed by atoms with E-state index in [1.807, 2.05) is 13.0 Å². The molecule has 0 saturated heterocycles. The van der Waals surface area contributed by atoms with Crippen LogP contribution in [0.25, 0.3) is 0 Å². The smallest absolute Gasteiger partial charge is 0.310 e. The second-order valence-electron chi connectivity index (χ2n) is 3.93. The number of rotatable bonds is 5. The molecule has 0 unspecified atom stereocenters. The molecule has 0 aliphatic rings. The van der Waals surface area contributed by atoms with Crippen LogP contribution in [0.2, 0.25) is 0 Å². The van der Waals surface area contributed by atoms with Crippen LogP contribution in [-0.2, 0) is 28.9 Å². The first-order valence-corrected chi connectivity index (χ1v) is 6.06. The van der Waals surface area contributed by atoms with Crippen LogP contribution in [0.5, 0.6) is 0 Å². The molecule has 2 N–H and O–H groups in total. The molecule has 0 heterocycles. The highest BCUT2D eigenvalue weighted by Gasteiger charge is 2.12. The van der Waals surface area contributed by atoms with Gasteiger partial charge in [0.2, 0.25) is 0 Å². The van der Waals surface area contributed by atoms with E-state index in [0.29, 0.717) is 18.7 Å². The third-order valence-corrected chi connectivity index (χ3v) is 2.79. The Morgan fingerprint density at radius 3 is 2.56 bits per heavy atom. The summed E-state index contributed by atoms with van der Waals surface area (Å²) in [7, 11) is 0. The zero-order valence-corrected chi connectivity index (χ0v) is 10.8. The number of nitriles is 1. The molecular weight excluding hydrogens is 228 g/mol. The van der Waals surface area contributed by atoms with Crippen molar-refractivity contribution in [1.29, 1.82) is 5.26 Å². The van der Waals surface area contributed by atoms with E-state index in [9.17, 15) is 4.79 Å². The van der Waals surface area contributed by atoms with Gasteiger partial charge in [0.05, 0.1) is 24.7 Å². The Morgan fingerprint density at radius 2 is 2.06 bits per heavy atom. The van der Waals surface area contributed by atoms with Crippen LogP contribution < -0.4 is 5.73 Å². The highest BCUT2D eigenvalue weighted by atomic mass is 16.5. The van der Waals surface area contributed by atoms with Gasteiger partial charge in [-0.1, -0.05) is 13.0 Å². The number of carbonyl (C=O) groups is 1. The Bertz CT molecular complexity index is 475. The third kappa shape index (κ3) is 3.31. The van der Waals surface area contributed by atoms with Crippen molar-refractivity contribution in [2.24, 2.45) is 5.73 Å². The summed E-state index contributed by atoms with van der Waals surface area (Å²) in [4.78, 5) is 11.5. The fourth-order valence-corrected chi connectivity index (χ4v) is 1.87. The predicted octanol–water partition coefficient (Wildman–Crippen LogP) is 1.68. The minimum absolute atomic E-state index is 0.205. The number of nitrogens with zero attached hydrogens (tertiary/aromatic N) is 1. The lowest BCUT2D eigenvalue weighted by molar-refractivity contribution is -0.142. The number of hydrogen-bond donors (Lipinski definition) is 1.